The number of anilines is 2. The Labute approximate surface area is 130 Å². The van der Waals surface area contributed by atoms with Crippen molar-refractivity contribution in [2.45, 2.75) is 33.1 Å². The van der Waals surface area contributed by atoms with Crippen LogP contribution in [0.2, 0.25) is 0 Å². The number of thiazole rings is 1. The molecule has 1 saturated carbocycles. The van der Waals surface area contributed by atoms with Gasteiger partial charge < -0.3 is 15.5 Å². The smallest absolute Gasteiger partial charge is 0.267 e. The first kappa shape index (κ1) is 14.6. The normalized spacial score (nSPS) is 24.4. The second-order valence-corrected chi connectivity index (χ2v) is 7.02. The Hall–Kier alpha value is -1.30. The van der Waals surface area contributed by atoms with E-state index in [-0.39, 0.29) is 5.91 Å². The molecule has 0 radical (unpaired) electrons. The molecular formula is C15H24N4OS. The molecule has 2 heterocycles. The molecule has 2 fully saturated rings. The van der Waals surface area contributed by atoms with E-state index < -0.39 is 0 Å². The fourth-order valence-corrected chi connectivity index (χ4v) is 4.73. The molecule has 1 saturated heterocycles. The molecule has 116 valence electrons. The third kappa shape index (κ3) is 2.61. The molecule has 2 atom stereocenters. The summed E-state index contributed by atoms with van der Waals surface area (Å²) in [5.41, 5.74) is 6.00. The molecular weight excluding hydrogens is 284 g/mol. The summed E-state index contributed by atoms with van der Waals surface area (Å²) in [5.74, 6) is 1.90. The monoisotopic (exact) mass is 308 g/mol. The fraction of sp³-hybridized carbons (Fsp3) is 0.733. The summed E-state index contributed by atoms with van der Waals surface area (Å²) in [6, 6.07) is 0. The van der Waals surface area contributed by atoms with Gasteiger partial charge in [0.1, 0.15) is 10.7 Å². The molecule has 2 aliphatic rings. The van der Waals surface area contributed by atoms with Gasteiger partial charge in [0.05, 0.1) is 0 Å². The van der Waals surface area contributed by atoms with Crippen LogP contribution in [0.3, 0.4) is 0 Å². The maximum absolute atomic E-state index is 12.7. The van der Waals surface area contributed by atoms with Gasteiger partial charge in [-0.3, -0.25) is 4.79 Å². The Morgan fingerprint density at radius 3 is 2.52 bits per heavy atom. The summed E-state index contributed by atoms with van der Waals surface area (Å²) in [6.45, 7) is 7.74. The van der Waals surface area contributed by atoms with Crippen molar-refractivity contribution in [2.24, 2.45) is 11.8 Å². The van der Waals surface area contributed by atoms with Crippen molar-refractivity contribution < 1.29 is 4.79 Å². The van der Waals surface area contributed by atoms with Crippen LogP contribution in [0.15, 0.2) is 0 Å². The lowest BCUT2D eigenvalue weighted by atomic mass is 10.0. The molecule has 1 amide bonds. The standard InChI is InChI=1S/C15H24N4OS/c1-3-18(4-2)15-17-13(16)12(21-15)14(20)19-8-10-6-5-7-11(10)9-19/h10-11H,3-9,16H2,1-2H3. The molecule has 6 heteroatoms. The highest BCUT2D eigenvalue weighted by Gasteiger charge is 2.39. The average Bonchev–Trinajstić information content (AvgIpc) is 3.13. The molecule has 1 aromatic heterocycles. The Bertz CT molecular complexity index is 514. The van der Waals surface area contributed by atoms with Crippen LogP contribution in [0.25, 0.3) is 0 Å². The Balaban J connectivity index is 1.76. The summed E-state index contributed by atoms with van der Waals surface area (Å²) in [7, 11) is 0. The van der Waals surface area contributed by atoms with Crippen LogP contribution < -0.4 is 10.6 Å². The molecule has 1 aromatic rings. The van der Waals surface area contributed by atoms with Crippen molar-refractivity contribution >= 4 is 28.2 Å². The lowest BCUT2D eigenvalue weighted by Gasteiger charge is -2.17. The van der Waals surface area contributed by atoms with Gasteiger partial charge >= 0.3 is 0 Å². The maximum Gasteiger partial charge on any atom is 0.267 e. The second kappa shape index (κ2) is 5.83. The van der Waals surface area contributed by atoms with Crippen LogP contribution in [0, 0.1) is 11.8 Å². The van der Waals surface area contributed by atoms with Crippen LogP contribution in [0.1, 0.15) is 42.8 Å². The predicted octanol–water partition coefficient (Wildman–Crippen LogP) is 2.44. The first-order chi connectivity index (χ1) is 10.1. The van der Waals surface area contributed by atoms with E-state index in [4.69, 9.17) is 5.73 Å². The molecule has 2 N–H and O–H groups in total. The van der Waals surface area contributed by atoms with Gasteiger partial charge in [0.25, 0.3) is 5.91 Å². The average molecular weight is 308 g/mol. The number of rotatable bonds is 4. The summed E-state index contributed by atoms with van der Waals surface area (Å²) in [6.07, 6.45) is 3.88. The number of aromatic nitrogens is 1. The van der Waals surface area contributed by atoms with E-state index in [0.717, 1.165) is 31.3 Å². The van der Waals surface area contributed by atoms with E-state index in [1.165, 1.54) is 30.6 Å². The minimum atomic E-state index is 0.0813. The lowest BCUT2D eigenvalue weighted by Crippen LogP contribution is -2.29. The molecule has 1 aliphatic heterocycles. The van der Waals surface area contributed by atoms with Gasteiger partial charge in [0.15, 0.2) is 5.13 Å². The zero-order valence-corrected chi connectivity index (χ0v) is 13.7. The number of nitrogen functional groups attached to an aromatic ring is 1. The summed E-state index contributed by atoms with van der Waals surface area (Å²) in [5, 5.41) is 0.861. The van der Waals surface area contributed by atoms with Gasteiger partial charge in [-0.05, 0) is 38.5 Å². The maximum atomic E-state index is 12.7. The number of nitrogens with two attached hydrogens (primary N) is 1. The molecule has 0 aromatic carbocycles. The Morgan fingerprint density at radius 2 is 1.95 bits per heavy atom. The highest BCUT2D eigenvalue weighted by molar-refractivity contribution is 7.18. The van der Waals surface area contributed by atoms with E-state index in [0.29, 0.717) is 22.5 Å². The molecule has 3 rings (SSSR count). The van der Waals surface area contributed by atoms with Crippen molar-refractivity contribution in [3.05, 3.63) is 4.88 Å². The molecule has 21 heavy (non-hydrogen) atoms. The number of nitrogens with zero attached hydrogens (tertiary/aromatic N) is 3. The van der Waals surface area contributed by atoms with Gasteiger partial charge in [0, 0.05) is 26.2 Å². The van der Waals surface area contributed by atoms with Crippen molar-refractivity contribution in [1.29, 1.82) is 0 Å². The lowest BCUT2D eigenvalue weighted by molar-refractivity contribution is 0.0786. The molecule has 0 spiro atoms. The number of carbonyl (C=O) groups is 1. The number of hydrogen-bond acceptors (Lipinski definition) is 5. The number of likely N-dealkylation sites (tertiary alicyclic amines) is 1. The van der Waals surface area contributed by atoms with Crippen molar-refractivity contribution in [3.8, 4) is 0 Å². The third-order valence-corrected chi connectivity index (χ3v) is 6.00. The summed E-state index contributed by atoms with van der Waals surface area (Å²) < 4.78 is 0. The highest BCUT2D eigenvalue weighted by Crippen LogP contribution is 2.39. The van der Waals surface area contributed by atoms with E-state index in [1.807, 2.05) is 4.90 Å². The predicted molar refractivity (Wildman–Crippen MR) is 86.8 cm³/mol. The summed E-state index contributed by atoms with van der Waals surface area (Å²) in [4.78, 5) is 21.8. The second-order valence-electron chi connectivity index (χ2n) is 6.04. The number of carbonyl (C=O) groups excluding carboxylic acids is 1. The van der Waals surface area contributed by atoms with E-state index in [9.17, 15) is 4.79 Å². The molecule has 5 nitrogen and oxygen atoms in total. The van der Waals surface area contributed by atoms with Crippen LogP contribution in [0.4, 0.5) is 10.9 Å². The van der Waals surface area contributed by atoms with Crippen LogP contribution in [-0.2, 0) is 0 Å². The van der Waals surface area contributed by atoms with Crippen LogP contribution in [0.5, 0.6) is 0 Å². The van der Waals surface area contributed by atoms with Gasteiger partial charge in [-0.25, -0.2) is 4.98 Å². The van der Waals surface area contributed by atoms with Crippen molar-refractivity contribution in [2.75, 3.05) is 36.8 Å². The van der Waals surface area contributed by atoms with E-state index >= 15 is 0 Å². The number of amides is 1. The van der Waals surface area contributed by atoms with Gasteiger partial charge in [-0.2, -0.15) is 0 Å². The topological polar surface area (TPSA) is 62.5 Å². The van der Waals surface area contributed by atoms with Gasteiger partial charge in [-0.1, -0.05) is 17.8 Å². The fourth-order valence-electron chi connectivity index (χ4n) is 3.65. The summed E-state index contributed by atoms with van der Waals surface area (Å²) >= 11 is 1.44. The quantitative estimate of drug-likeness (QED) is 0.928. The minimum absolute atomic E-state index is 0.0813. The van der Waals surface area contributed by atoms with Crippen molar-refractivity contribution in [1.82, 2.24) is 9.88 Å². The first-order valence-electron chi connectivity index (χ1n) is 7.94. The van der Waals surface area contributed by atoms with E-state index in [2.05, 4.69) is 23.7 Å². The molecule has 0 bridgehead atoms. The SMILES string of the molecule is CCN(CC)c1nc(N)c(C(=O)N2CC3CCCC3C2)s1. The molecule has 2 unspecified atom stereocenters. The first-order valence-corrected chi connectivity index (χ1v) is 8.76. The van der Waals surface area contributed by atoms with Gasteiger partial charge in [0.2, 0.25) is 0 Å². The van der Waals surface area contributed by atoms with Crippen molar-refractivity contribution in [3.63, 3.8) is 0 Å². The zero-order chi connectivity index (χ0) is 15.0. The van der Waals surface area contributed by atoms with Gasteiger partial charge in [-0.15, -0.1) is 0 Å². The van der Waals surface area contributed by atoms with Crippen LogP contribution in [-0.4, -0.2) is 42.0 Å². The third-order valence-electron chi connectivity index (χ3n) is 4.88. The Morgan fingerprint density at radius 1 is 1.33 bits per heavy atom. The number of fused-ring (bicyclic) bond motifs is 1. The largest absolute Gasteiger partial charge is 0.382 e. The Kier molecular flexibility index (Phi) is 4.06. The zero-order valence-electron chi connectivity index (χ0n) is 12.8. The number of hydrogen-bond donors (Lipinski definition) is 1. The molecule has 1 aliphatic carbocycles. The minimum Gasteiger partial charge on any atom is -0.382 e. The highest BCUT2D eigenvalue weighted by atomic mass is 32.1. The van der Waals surface area contributed by atoms with E-state index in [1.54, 1.807) is 0 Å². The van der Waals surface area contributed by atoms with Crippen LogP contribution >= 0.6 is 11.3 Å².